The number of carbonyl (C=O) groups excluding carboxylic acids is 3. The van der Waals surface area contributed by atoms with E-state index in [1.165, 1.54) is 18.1 Å². The molecule has 0 spiro atoms. The van der Waals surface area contributed by atoms with Crippen molar-refractivity contribution in [3.63, 3.8) is 0 Å². The Balaban J connectivity index is 1.32. The van der Waals surface area contributed by atoms with Crippen molar-refractivity contribution >= 4 is 46.6 Å². The van der Waals surface area contributed by atoms with E-state index in [0.717, 1.165) is 0 Å². The molecule has 6 rings (SSSR count). The summed E-state index contributed by atoms with van der Waals surface area (Å²) in [5, 5.41) is 2.39. The number of imidazole rings is 1. The van der Waals surface area contributed by atoms with Crippen LogP contribution in [0.4, 0.5) is 5.82 Å². The first kappa shape index (κ1) is 29.0. The summed E-state index contributed by atoms with van der Waals surface area (Å²) in [6, 6.07) is 26.0. The SMILES string of the molecule is CS[C@@H]1[C@H](OC(=O)c2ccccc2)[C@@H](COC(=O)c2ccccc2)O[C@@H]1n1cnc2ncnc(NC(=O)c3ccccc3)c21. The average Bonchev–Trinajstić information content (AvgIpc) is 3.66. The van der Waals surface area contributed by atoms with E-state index < -0.39 is 35.6 Å². The molecule has 0 radical (unpaired) electrons. The number of aromatic nitrogens is 4. The van der Waals surface area contributed by atoms with Crippen molar-refractivity contribution in [2.45, 2.75) is 23.7 Å². The zero-order chi connectivity index (χ0) is 30.5. The monoisotopic (exact) mass is 609 g/mol. The molecule has 1 N–H and O–H groups in total. The van der Waals surface area contributed by atoms with Crippen LogP contribution in [0.2, 0.25) is 0 Å². The van der Waals surface area contributed by atoms with Gasteiger partial charge in [0.25, 0.3) is 5.91 Å². The lowest BCUT2D eigenvalue weighted by Crippen LogP contribution is -2.37. The minimum absolute atomic E-state index is 0.172. The minimum Gasteiger partial charge on any atom is -0.459 e. The maximum atomic E-state index is 13.2. The summed E-state index contributed by atoms with van der Waals surface area (Å²) in [5.41, 5.74) is 1.98. The maximum absolute atomic E-state index is 13.2. The molecule has 0 saturated carbocycles. The fourth-order valence-electron chi connectivity index (χ4n) is 4.97. The number of amides is 1. The fraction of sp³-hybridized carbons (Fsp3) is 0.188. The Morgan fingerprint density at radius 3 is 2.09 bits per heavy atom. The minimum atomic E-state index is -0.817. The Bertz CT molecular complexity index is 1770. The van der Waals surface area contributed by atoms with Crippen molar-refractivity contribution in [2.24, 2.45) is 0 Å². The van der Waals surface area contributed by atoms with E-state index >= 15 is 0 Å². The number of esters is 2. The average molecular weight is 610 g/mol. The van der Waals surface area contributed by atoms with Gasteiger partial charge in [-0.05, 0) is 42.7 Å². The smallest absolute Gasteiger partial charge is 0.338 e. The van der Waals surface area contributed by atoms with Gasteiger partial charge in [0, 0.05) is 5.56 Å². The summed E-state index contributed by atoms with van der Waals surface area (Å²) in [6.07, 6.45) is 2.36. The van der Waals surface area contributed by atoms with Crippen molar-refractivity contribution in [1.82, 2.24) is 19.5 Å². The number of benzene rings is 3. The zero-order valence-electron chi connectivity index (χ0n) is 23.5. The number of rotatable bonds is 9. The highest BCUT2D eigenvalue weighted by molar-refractivity contribution is 7.99. The van der Waals surface area contributed by atoms with E-state index in [9.17, 15) is 14.4 Å². The molecule has 4 atom stereocenters. The summed E-state index contributed by atoms with van der Waals surface area (Å²) in [4.78, 5) is 52.0. The summed E-state index contributed by atoms with van der Waals surface area (Å²) in [7, 11) is 0. The van der Waals surface area contributed by atoms with E-state index in [-0.39, 0.29) is 18.3 Å². The van der Waals surface area contributed by atoms with Crippen LogP contribution in [0.25, 0.3) is 11.2 Å². The molecule has 0 aliphatic carbocycles. The molecular formula is C32H27N5O6S. The van der Waals surface area contributed by atoms with Crippen LogP contribution in [0.3, 0.4) is 0 Å². The molecular weight excluding hydrogens is 582 g/mol. The molecule has 3 heterocycles. The predicted octanol–water partition coefficient (Wildman–Crippen LogP) is 4.79. The zero-order valence-corrected chi connectivity index (χ0v) is 24.3. The number of carbonyl (C=O) groups is 3. The molecule has 5 aromatic rings. The first-order chi connectivity index (χ1) is 21.5. The number of thioether (sulfide) groups is 1. The second-order valence-corrected chi connectivity index (χ2v) is 10.8. The number of anilines is 1. The molecule has 0 bridgehead atoms. The highest BCUT2D eigenvalue weighted by atomic mass is 32.2. The van der Waals surface area contributed by atoms with E-state index in [0.29, 0.717) is 27.9 Å². The van der Waals surface area contributed by atoms with Gasteiger partial charge in [0.15, 0.2) is 17.7 Å². The van der Waals surface area contributed by atoms with Gasteiger partial charge in [0.1, 0.15) is 30.7 Å². The molecule has 1 fully saturated rings. The van der Waals surface area contributed by atoms with Crippen LogP contribution in [0, 0.1) is 0 Å². The van der Waals surface area contributed by atoms with Gasteiger partial charge in [-0.2, -0.15) is 11.8 Å². The van der Waals surface area contributed by atoms with Gasteiger partial charge < -0.3 is 19.5 Å². The molecule has 12 heteroatoms. The quantitative estimate of drug-likeness (QED) is 0.233. The first-order valence-electron chi connectivity index (χ1n) is 13.7. The Morgan fingerprint density at radius 1 is 0.841 bits per heavy atom. The molecule has 11 nitrogen and oxygen atoms in total. The van der Waals surface area contributed by atoms with E-state index in [4.69, 9.17) is 14.2 Å². The second-order valence-electron chi connectivity index (χ2n) is 9.83. The summed E-state index contributed by atoms with van der Waals surface area (Å²) < 4.78 is 19.8. The number of nitrogens with one attached hydrogen (secondary N) is 1. The third-order valence-electron chi connectivity index (χ3n) is 7.11. The standard InChI is InChI=1S/C32H27N5O6S/c1-44-26-25(43-32(40)22-15-9-4-10-16-22)23(17-41-31(39)21-13-7-3-8-14-21)42-30(26)37-19-35-27-24(37)28(34-18-33-27)36-29(38)20-11-5-2-6-12-20/h2-16,18-19,23,25-26,30H,17H2,1H3,(H,33,34,36,38)/t23-,25-,26-,30+/m1/s1. The van der Waals surface area contributed by atoms with Gasteiger partial charge in [0.2, 0.25) is 0 Å². The topological polar surface area (TPSA) is 135 Å². The number of ether oxygens (including phenoxy) is 3. The van der Waals surface area contributed by atoms with Crippen molar-refractivity contribution < 1.29 is 28.6 Å². The highest BCUT2D eigenvalue weighted by Crippen LogP contribution is 2.41. The molecule has 3 aromatic carbocycles. The van der Waals surface area contributed by atoms with Gasteiger partial charge in [-0.3, -0.25) is 9.36 Å². The van der Waals surface area contributed by atoms with Gasteiger partial charge in [-0.1, -0.05) is 54.6 Å². The van der Waals surface area contributed by atoms with Crippen molar-refractivity contribution in [3.8, 4) is 0 Å². The lowest BCUT2D eigenvalue weighted by Gasteiger charge is -2.23. The van der Waals surface area contributed by atoms with Gasteiger partial charge in [0.05, 0.1) is 22.7 Å². The van der Waals surface area contributed by atoms with Crippen molar-refractivity contribution in [3.05, 3.63) is 120 Å². The normalized spacial score (nSPS) is 19.4. The third kappa shape index (κ3) is 6.03. The van der Waals surface area contributed by atoms with Crippen LogP contribution >= 0.6 is 11.8 Å². The van der Waals surface area contributed by atoms with E-state index in [2.05, 4.69) is 20.3 Å². The van der Waals surface area contributed by atoms with Crippen molar-refractivity contribution in [1.29, 1.82) is 0 Å². The molecule has 1 saturated heterocycles. The van der Waals surface area contributed by atoms with Gasteiger partial charge in [-0.25, -0.2) is 24.5 Å². The first-order valence-corrected chi connectivity index (χ1v) is 15.0. The largest absolute Gasteiger partial charge is 0.459 e. The lowest BCUT2D eigenvalue weighted by atomic mass is 10.1. The number of hydrogen-bond donors (Lipinski definition) is 1. The summed E-state index contributed by atoms with van der Waals surface area (Å²) in [6.45, 7) is -0.172. The molecule has 2 aromatic heterocycles. The number of hydrogen-bond acceptors (Lipinski definition) is 10. The number of nitrogens with zero attached hydrogens (tertiary/aromatic N) is 4. The Hall–Kier alpha value is -5.07. The molecule has 1 amide bonds. The van der Waals surface area contributed by atoms with Crippen LogP contribution in [0.1, 0.15) is 37.3 Å². The second kappa shape index (κ2) is 13.1. The molecule has 1 aliphatic rings. The molecule has 1 aliphatic heterocycles. The Morgan fingerprint density at radius 2 is 1.45 bits per heavy atom. The van der Waals surface area contributed by atoms with Crippen molar-refractivity contribution in [2.75, 3.05) is 18.2 Å². The maximum Gasteiger partial charge on any atom is 0.338 e. The van der Waals surface area contributed by atoms with E-state index in [1.807, 2.05) is 18.4 Å². The summed E-state index contributed by atoms with van der Waals surface area (Å²) >= 11 is 1.42. The van der Waals surface area contributed by atoms with Gasteiger partial charge >= 0.3 is 11.9 Å². The number of fused-ring (bicyclic) bond motifs is 1. The van der Waals surface area contributed by atoms with Crippen LogP contribution < -0.4 is 5.32 Å². The highest BCUT2D eigenvalue weighted by Gasteiger charge is 2.49. The fourth-order valence-corrected chi connectivity index (χ4v) is 5.90. The van der Waals surface area contributed by atoms with E-state index in [1.54, 1.807) is 89.8 Å². The van der Waals surface area contributed by atoms with Crippen LogP contribution in [-0.2, 0) is 14.2 Å². The lowest BCUT2D eigenvalue weighted by molar-refractivity contribution is -0.0561. The molecule has 44 heavy (non-hydrogen) atoms. The van der Waals surface area contributed by atoms with Gasteiger partial charge in [-0.15, -0.1) is 0 Å². The third-order valence-corrected chi connectivity index (χ3v) is 8.15. The summed E-state index contributed by atoms with van der Waals surface area (Å²) in [5.74, 6) is -1.18. The predicted molar refractivity (Wildman–Crippen MR) is 163 cm³/mol. The Kier molecular flexibility index (Phi) is 8.62. The van der Waals surface area contributed by atoms with Crippen LogP contribution in [0.5, 0.6) is 0 Å². The molecule has 0 unspecified atom stereocenters. The Labute approximate surface area is 256 Å². The van der Waals surface area contributed by atoms with Crippen LogP contribution in [-0.4, -0.2) is 67.7 Å². The van der Waals surface area contributed by atoms with Crippen LogP contribution in [0.15, 0.2) is 104 Å². The molecule has 222 valence electrons.